The van der Waals surface area contributed by atoms with E-state index in [1.807, 2.05) is 81.4 Å². The number of carbonyl (C=O) groups is 2. The van der Waals surface area contributed by atoms with Gasteiger partial charge in [0.05, 0.1) is 18.0 Å². The van der Waals surface area contributed by atoms with E-state index in [1.165, 1.54) is 17.7 Å². The van der Waals surface area contributed by atoms with Crippen molar-refractivity contribution in [2.24, 2.45) is 10.7 Å². The van der Waals surface area contributed by atoms with Gasteiger partial charge in [0.25, 0.3) is 21.5 Å². The third-order valence-corrected chi connectivity index (χ3v) is 10.9. The molecule has 0 radical (unpaired) electrons. The zero-order chi connectivity index (χ0) is 37.8. The quantitative estimate of drug-likeness (QED) is 0.0831. The topological polar surface area (TPSA) is 171 Å². The molecule has 0 saturated heterocycles. The van der Waals surface area contributed by atoms with Gasteiger partial charge in [-0.05, 0) is 87.4 Å². The summed E-state index contributed by atoms with van der Waals surface area (Å²) in [6.07, 6.45) is 2.51. The van der Waals surface area contributed by atoms with Gasteiger partial charge in [-0.25, -0.2) is 17.9 Å². The molecule has 2 heterocycles. The zero-order valence-electron chi connectivity index (χ0n) is 30.2. The number of hydrogen-bond donors (Lipinski definition) is 3. The van der Waals surface area contributed by atoms with Gasteiger partial charge in [0.1, 0.15) is 23.0 Å². The standard InChI is InChI=1S/C39H45N5O7S/c1-24-25(2)34(26(3)30-23-39(4,5)51-33(24)30)52(48,49)43-38(40)41-21-13-20-31(37(47)50-6)42-35(45)29-19-14-22-44(36(29)46)32(27-15-9-7-10-16-27)28-17-11-8-12-18-28/h7-12,14-19,22,31-32H,13,20-21,23H2,1-6H3,(H,42,45)(H3,40,41,43)/t31-/m0/s1. The first-order valence-corrected chi connectivity index (χ1v) is 18.5. The number of amides is 1. The molecule has 0 saturated carbocycles. The fourth-order valence-electron chi connectivity index (χ4n) is 6.66. The molecule has 1 atom stereocenters. The van der Waals surface area contributed by atoms with Crippen molar-refractivity contribution >= 4 is 27.9 Å². The minimum Gasteiger partial charge on any atom is -0.487 e. The van der Waals surface area contributed by atoms with Crippen LogP contribution in [-0.4, -0.2) is 56.1 Å². The van der Waals surface area contributed by atoms with E-state index in [2.05, 4.69) is 15.0 Å². The van der Waals surface area contributed by atoms with Crippen LogP contribution >= 0.6 is 0 Å². The van der Waals surface area contributed by atoms with Gasteiger partial charge in [0.2, 0.25) is 5.96 Å². The van der Waals surface area contributed by atoms with E-state index >= 15 is 0 Å². The number of pyridine rings is 1. The Morgan fingerprint density at radius 2 is 1.58 bits per heavy atom. The van der Waals surface area contributed by atoms with E-state index in [0.29, 0.717) is 23.3 Å². The molecule has 1 aromatic heterocycles. The fraction of sp³-hybridized carbons (Fsp3) is 0.333. The van der Waals surface area contributed by atoms with Crippen molar-refractivity contribution in [1.29, 1.82) is 0 Å². The van der Waals surface area contributed by atoms with Crippen LogP contribution in [0.15, 0.2) is 93.7 Å². The molecule has 274 valence electrons. The second-order valence-corrected chi connectivity index (χ2v) is 15.1. The average Bonchev–Trinajstić information content (AvgIpc) is 3.45. The van der Waals surface area contributed by atoms with Crippen LogP contribution in [0.3, 0.4) is 0 Å². The average molecular weight is 728 g/mol. The van der Waals surface area contributed by atoms with Gasteiger partial charge in [-0.3, -0.25) is 14.6 Å². The SMILES string of the molecule is COC(=O)[C@H](CCCN=C(N)NS(=O)(=O)c1c(C)c(C)c2c(c1C)CC(C)(C)O2)NC(=O)c1cccn(C(c2ccccc2)c2ccccc2)c1=O. The van der Waals surface area contributed by atoms with Gasteiger partial charge >= 0.3 is 5.97 Å². The van der Waals surface area contributed by atoms with Crippen LogP contribution in [0.5, 0.6) is 5.75 Å². The highest BCUT2D eigenvalue weighted by Crippen LogP contribution is 2.43. The van der Waals surface area contributed by atoms with Gasteiger partial charge in [-0.1, -0.05) is 60.7 Å². The minimum atomic E-state index is -4.09. The lowest BCUT2D eigenvalue weighted by Crippen LogP contribution is -2.44. The van der Waals surface area contributed by atoms with Crippen molar-refractivity contribution in [3.63, 3.8) is 0 Å². The highest BCUT2D eigenvalue weighted by atomic mass is 32.2. The number of benzene rings is 3. The largest absolute Gasteiger partial charge is 0.487 e. The molecule has 1 aliphatic rings. The molecule has 4 aromatic rings. The molecule has 1 aliphatic heterocycles. The number of ether oxygens (including phenoxy) is 2. The monoisotopic (exact) mass is 727 g/mol. The molecule has 13 heteroatoms. The third kappa shape index (κ3) is 8.04. The number of aromatic nitrogens is 1. The van der Waals surface area contributed by atoms with Crippen LogP contribution in [0, 0.1) is 20.8 Å². The van der Waals surface area contributed by atoms with Crippen molar-refractivity contribution in [3.8, 4) is 5.75 Å². The number of esters is 1. The Kier molecular flexibility index (Phi) is 11.2. The molecule has 0 bridgehead atoms. The minimum absolute atomic E-state index is 0.0366. The molecule has 1 amide bonds. The molecular formula is C39H45N5O7S. The first kappa shape index (κ1) is 37.8. The van der Waals surface area contributed by atoms with Crippen LogP contribution in [0.25, 0.3) is 0 Å². The summed E-state index contributed by atoms with van der Waals surface area (Å²) in [5.74, 6) is -1.05. The molecule has 0 fully saturated rings. The Labute approximate surface area is 304 Å². The smallest absolute Gasteiger partial charge is 0.328 e. The lowest BCUT2D eigenvalue weighted by Gasteiger charge is -2.22. The number of guanidine groups is 1. The fourth-order valence-corrected chi connectivity index (χ4v) is 8.19. The number of aliphatic imine (C=N–C) groups is 1. The maximum atomic E-state index is 13.8. The third-order valence-electron chi connectivity index (χ3n) is 9.25. The Balaban J connectivity index is 1.28. The van der Waals surface area contributed by atoms with Crippen LogP contribution < -0.4 is 26.1 Å². The van der Waals surface area contributed by atoms with Gasteiger partial charge in [0.15, 0.2) is 0 Å². The van der Waals surface area contributed by atoms with E-state index in [1.54, 1.807) is 26.1 Å². The number of nitrogens with two attached hydrogens (primary N) is 1. The summed E-state index contributed by atoms with van der Waals surface area (Å²) in [7, 11) is -2.89. The van der Waals surface area contributed by atoms with Crippen molar-refractivity contribution in [2.45, 2.75) is 76.5 Å². The molecule has 52 heavy (non-hydrogen) atoms. The second kappa shape index (κ2) is 15.4. The number of rotatable bonds is 12. The predicted octanol–water partition coefficient (Wildman–Crippen LogP) is 4.47. The maximum Gasteiger partial charge on any atom is 0.328 e. The number of methoxy groups -OCH3 is 1. The Bertz CT molecular complexity index is 2130. The highest BCUT2D eigenvalue weighted by molar-refractivity contribution is 7.90. The second-order valence-electron chi connectivity index (χ2n) is 13.5. The van der Waals surface area contributed by atoms with Crippen LogP contribution in [0.4, 0.5) is 0 Å². The van der Waals surface area contributed by atoms with E-state index in [0.717, 1.165) is 22.3 Å². The molecule has 5 rings (SSSR count). The Morgan fingerprint density at radius 3 is 2.17 bits per heavy atom. The summed E-state index contributed by atoms with van der Waals surface area (Å²) in [5, 5.41) is 2.63. The molecule has 0 unspecified atom stereocenters. The number of carbonyl (C=O) groups excluding carboxylic acids is 2. The summed E-state index contributed by atoms with van der Waals surface area (Å²) in [5.41, 5.74) is 9.37. The van der Waals surface area contributed by atoms with Crippen molar-refractivity contribution in [3.05, 3.63) is 128 Å². The molecule has 0 spiro atoms. The summed E-state index contributed by atoms with van der Waals surface area (Å²) in [4.78, 5) is 44.3. The molecular weight excluding hydrogens is 683 g/mol. The van der Waals surface area contributed by atoms with Crippen molar-refractivity contribution in [1.82, 2.24) is 14.6 Å². The van der Waals surface area contributed by atoms with Crippen LogP contribution in [-0.2, 0) is 26.0 Å². The number of fused-ring (bicyclic) bond motifs is 1. The molecule has 12 nitrogen and oxygen atoms in total. The van der Waals surface area contributed by atoms with E-state index in [4.69, 9.17) is 15.2 Å². The summed E-state index contributed by atoms with van der Waals surface area (Å²) < 4.78 is 42.0. The van der Waals surface area contributed by atoms with Gasteiger partial charge in [-0.2, -0.15) is 0 Å². The molecule has 4 N–H and O–H groups in total. The number of hydrogen-bond acceptors (Lipinski definition) is 8. The van der Waals surface area contributed by atoms with Gasteiger partial charge in [-0.15, -0.1) is 0 Å². The summed E-state index contributed by atoms with van der Waals surface area (Å²) in [6.45, 7) is 9.28. The van der Waals surface area contributed by atoms with E-state index in [9.17, 15) is 22.8 Å². The number of sulfonamides is 1. The van der Waals surface area contributed by atoms with E-state index in [-0.39, 0.29) is 35.8 Å². The highest BCUT2D eigenvalue weighted by Gasteiger charge is 2.37. The number of nitrogens with one attached hydrogen (secondary N) is 2. The summed E-state index contributed by atoms with van der Waals surface area (Å²) in [6, 6.07) is 20.4. The van der Waals surface area contributed by atoms with Crippen LogP contribution in [0.1, 0.15) is 76.5 Å². The van der Waals surface area contributed by atoms with Crippen LogP contribution in [0.2, 0.25) is 0 Å². The van der Waals surface area contributed by atoms with Gasteiger partial charge < -0.3 is 25.1 Å². The van der Waals surface area contributed by atoms with E-state index < -0.39 is 45.1 Å². The zero-order valence-corrected chi connectivity index (χ0v) is 31.0. The van der Waals surface area contributed by atoms with Gasteiger partial charge in [0, 0.05) is 24.7 Å². The first-order chi connectivity index (χ1) is 24.6. The lowest BCUT2D eigenvalue weighted by molar-refractivity contribution is -0.143. The Morgan fingerprint density at radius 1 is 0.962 bits per heavy atom. The molecule has 3 aromatic carbocycles. The predicted molar refractivity (Wildman–Crippen MR) is 199 cm³/mol. The normalized spacial score (nSPS) is 14.3. The van der Waals surface area contributed by atoms with Crippen molar-refractivity contribution in [2.75, 3.05) is 13.7 Å². The first-order valence-electron chi connectivity index (χ1n) is 17.0. The summed E-state index contributed by atoms with van der Waals surface area (Å²) >= 11 is 0. The maximum absolute atomic E-state index is 13.8. The van der Waals surface area contributed by atoms with Crippen molar-refractivity contribution < 1.29 is 27.5 Å². The number of nitrogens with zero attached hydrogens (tertiary/aromatic N) is 2. The Hall–Kier alpha value is -5.43. The lowest BCUT2D eigenvalue weighted by atomic mass is 9.94. The molecule has 0 aliphatic carbocycles.